The van der Waals surface area contributed by atoms with Crippen LogP contribution < -0.4 is 25.4 Å². The molecular weight excluding hydrogens is 406 g/mol. The third-order valence-electron chi connectivity index (χ3n) is 4.58. The minimum Gasteiger partial charge on any atom is -0.492 e. The third-order valence-corrected chi connectivity index (χ3v) is 4.58. The van der Waals surface area contributed by atoms with Crippen LogP contribution >= 0.6 is 0 Å². The highest BCUT2D eigenvalue weighted by atomic mass is 19.3. The topological polar surface area (TPSA) is 84.0 Å². The summed E-state index contributed by atoms with van der Waals surface area (Å²) in [6, 6.07) is 12.2. The summed E-state index contributed by atoms with van der Waals surface area (Å²) in [6.45, 7) is 0.797. The third kappa shape index (κ3) is 6.84. The van der Waals surface area contributed by atoms with E-state index >= 15 is 0 Å². The molecule has 0 unspecified atom stereocenters. The van der Waals surface area contributed by atoms with Gasteiger partial charge in [-0.25, -0.2) is 4.99 Å². The molecule has 3 rings (SSSR count). The second-order valence-electron chi connectivity index (χ2n) is 6.82. The van der Waals surface area contributed by atoms with Gasteiger partial charge in [0, 0.05) is 24.2 Å². The van der Waals surface area contributed by atoms with Crippen LogP contribution in [0.3, 0.4) is 0 Å². The van der Waals surface area contributed by atoms with E-state index in [1.807, 2.05) is 25.1 Å². The highest BCUT2D eigenvalue weighted by Crippen LogP contribution is 2.26. The number of ether oxygens (including phenoxy) is 2. The molecular formula is C22H26F2N4O3. The molecule has 2 aromatic rings. The van der Waals surface area contributed by atoms with Gasteiger partial charge >= 0.3 is 6.61 Å². The van der Waals surface area contributed by atoms with Gasteiger partial charge in [-0.05, 0) is 43.2 Å². The van der Waals surface area contributed by atoms with Gasteiger partial charge in [-0.1, -0.05) is 18.2 Å². The number of amides is 1. The number of rotatable bonds is 9. The number of carbonyl (C=O) groups is 1. The van der Waals surface area contributed by atoms with E-state index in [0.29, 0.717) is 44.1 Å². The molecule has 1 aliphatic rings. The zero-order valence-corrected chi connectivity index (χ0v) is 17.3. The number of nitrogens with zero attached hydrogens (tertiary/aromatic N) is 1. The van der Waals surface area contributed by atoms with Gasteiger partial charge in [-0.3, -0.25) is 4.79 Å². The molecule has 7 nitrogen and oxygen atoms in total. The second-order valence-corrected chi connectivity index (χ2v) is 6.82. The van der Waals surface area contributed by atoms with Gasteiger partial charge in [-0.2, -0.15) is 8.78 Å². The molecule has 3 N–H and O–H groups in total. The van der Waals surface area contributed by atoms with Crippen molar-refractivity contribution in [3.63, 3.8) is 0 Å². The largest absolute Gasteiger partial charge is 0.492 e. The van der Waals surface area contributed by atoms with E-state index in [1.54, 1.807) is 18.2 Å². The number of aryl methyl sites for hydroxylation is 1. The van der Waals surface area contributed by atoms with Crippen LogP contribution in [0.5, 0.6) is 11.5 Å². The van der Waals surface area contributed by atoms with Gasteiger partial charge in [-0.15, -0.1) is 0 Å². The summed E-state index contributed by atoms with van der Waals surface area (Å²) < 4.78 is 35.5. The van der Waals surface area contributed by atoms with E-state index in [4.69, 9.17) is 4.74 Å². The van der Waals surface area contributed by atoms with Crippen LogP contribution in [0.1, 0.15) is 24.5 Å². The Morgan fingerprint density at radius 2 is 2.03 bits per heavy atom. The van der Waals surface area contributed by atoms with Crippen LogP contribution in [0.15, 0.2) is 47.5 Å². The van der Waals surface area contributed by atoms with E-state index in [0.717, 1.165) is 17.0 Å². The zero-order chi connectivity index (χ0) is 22.1. The first kappa shape index (κ1) is 22.3. The first-order valence-electron chi connectivity index (χ1n) is 10.2. The maximum Gasteiger partial charge on any atom is 0.387 e. The summed E-state index contributed by atoms with van der Waals surface area (Å²) in [6.07, 6.45) is 1.18. The highest BCUT2D eigenvalue weighted by Gasteiger charge is 2.15. The summed E-state index contributed by atoms with van der Waals surface area (Å²) in [5.41, 5.74) is 2.46. The van der Waals surface area contributed by atoms with Gasteiger partial charge in [0.05, 0.1) is 13.1 Å². The number of guanidine groups is 1. The Morgan fingerprint density at radius 3 is 2.84 bits per heavy atom. The van der Waals surface area contributed by atoms with Crippen molar-refractivity contribution in [2.45, 2.75) is 32.9 Å². The van der Waals surface area contributed by atoms with Gasteiger partial charge in [0.25, 0.3) is 0 Å². The van der Waals surface area contributed by atoms with E-state index in [1.165, 1.54) is 6.07 Å². The van der Waals surface area contributed by atoms with Gasteiger partial charge in [0.2, 0.25) is 5.91 Å². The summed E-state index contributed by atoms with van der Waals surface area (Å²) in [5.74, 6) is 1.43. The number of anilines is 1. The van der Waals surface area contributed by atoms with Crippen molar-refractivity contribution in [1.29, 1.82) is 0 Å². The number of nitrogens with one attached hydrogen (secondary N) is 3. The quantitative estimate of drug-likeness (QED) is 0.322. The van der Waals surface area contributed by atoms with Crippen molar-refractivity contribution in [2.75, 3.05) is 25.0 Å². The van der Waals surface area contributed by atoms with E-state index < -0.39 is 6.61 Å². The Hall–Kier alpha value is -3.36. The van der Waals surface area contributed by atoms with Crippen molar-refractivity contribution in [3.8, 4) is 11.5 Å². The van der Waals surface area contributed by atoms with E-state index in [-0.39, 0.29) is 18.2 Å². The summed E-state index contributed by atoms with van der Waals surface area (Å²) in [4.78, 5) is 15.9. The van der Waals surface area contributed by atoms with Crippen LogP contribution in [-0.2, 0) is 17.8 Å². The van der Waals surface area contributed by atoms with Crippen LogP contribution in [0, 0.1) is 0 Å². The smallest absolute Gasteiger partial charge is 0.387 e. The fourth-order valence-electron chi connectivity index (χ4n) is 3.14. The van der Waals surface area contributed by atoms with Crippen LogP contribution in [-0.4, -0.2) is 38.2 Å². The Balaban J connectivity index is 1.51. The Bertz CT molecular complexity index is 921. The fraction of sp³-hybridized carbons (Fsp3) is 0.364. The molecule has 31 heavy (non-hydrogen) atoms. The van der Waals surface area contributed by atoms with Crippen molar-refractivity contribution in [3.05, 3.63) is 53.6 Å². The molecule has 0 aromatic heterocycles. The normalized spacial score (nSPS) is 13.4. The van der Waals surface area contributed by atoms with Crippen molar-refractivity contribution >= 4 is 17.6 Å². The lowest BCUT2D eigenvalue weighted by atomic mass is 10.0. The van der Waals surface area contributed by atoms with Crippen molar-refractivity contribution in [1.82, 2.24) is 10.6 Å². The van der Waals surface area contributed by atoms with Crippen molar-refractivity contribution in [2.24, 2.45) is 4.99 Å². The molecule has 0 atom stereocenters. The molecule has 1 amide bonds. The number of benzene rings is 2. The van der Waals surface area contributed by atoms with E-state index in [9.17, 15) is 13.6 Å². The number of fused-ring (bicyclic) bond motifs is 1. The lowest BCUT2D eigenvalue weighted by Crippen LogP contribution is -2.39. The molecule has 0 spiro atoms. The minimum atomic E-state index is -2.88. The number of hydrogen-bond acceptors (Lipinski definition) is 4. The SMILES string of the molecule is CCNC(=NCc1ccccc1OC(F)F)NCCOc1ccc2c(c1)CCC(=O)N2. The lowest BCUT2D eigenvalue weighted by Gasteiger charge is -2.18. The molecule has 2 aromatic carbocycles. The number of hydrogen-bond donors (Lipinski definition) is 3. The molecule has 0 aliphatic carbocycles. The Morgan fingerprint density at radius 1 is 1.19 bits per heavy atom. The molecule has 0 fully saturated rings. The predicted octanol–water partition coefficient (Wildman–Crippen LogP) is 3.31. The second kappa shape index (κ2) is 11.1. The number of para-hydroxylation sites is 1. The number of alkyl halides is 2. The number of aliphatic imine (C=N–C) groups is 1. The molecule has 0 saturated heterocycles. The molecule has 0 bridgehead atoms. The summed E-state index contributed by atoms with van der Waals surface area (Å²) in [5, 5.41) is 9.11. The van der Waals surface area contributed by atoms with Crippen LogP contribution in [0.4, 0.5) is 14.5 Å². The first-order valence-corrected chi connectivity index (χ1v) is 10.2. The maximum absolute atomic E-state index is 12.6. The van der Waals surface area contributed by atoms with Gasteiger partial charge < -0.3 is 25.4 Å². The fourth-order valence-corrected chi connectivity index (χ4v) is 3.14. The lowest BCUT2D eigenvalue weighted by molar-refractivity contribution is -0.116. The molecule has 0 radical (unpaired) electrons. The first-order chi connectivity index (χ1) is 15.0. The van der Waals surface area contributed by atoms with Crippen LogP contribution in [0.2, 0.25) is 0 Å². The number of carbonyl (C=O) groups excluding carboxylic acids is 1. The van der Waals surface area contributed by atoms with E-state index in [2.05, 4.69) is 25.7 Å². The number of halogens is 2. The van der Waals surface area contributed by atoms with Gasteiger partial charge in [0.1, 0.15) is 18.1 Å². The summed E-state index contributed by atoms with van der Waals surface area (Å²) in [7, 11) is 0. The monoisotopic (exact) mass is 432 g/mol. The van der Waals surface area contributed by atoms with Crippen LogP contribution in [0.25, 0.3) is 0 Å². The van der Waals surface area contributed by atoms with Crippen molar-refractivity contribution < 1.29 is 23.0 Å². The Kier molecular flexibility index (Phi) is 8.03. The summed E-state index contributed by atoms with van der Waals surface area (Å²) >= 11 is 0. The minimum absolute atomic E-state index is 0.0315. The molecule has 0 saturated carbocycles. The molecule has 9 heteroatoms. The standard InChI is InChI=1S/C22H26F2N4O3/c1-2-25-22(27-14-16-5-3-4-6-19(16)31-21(23)24)26-11-12-30-17-8-9-18-15(13-17)7-10-20(29)28-18/h3-6,8-9,13,21H,2,7,10-12,14H2,1H3,(H,28,29)(H2,25,26,27). The average Bonchev–Trinajstić information content (AvgIpc) is 2.75. The van der Waals surface area contributed by atoms with Gasteiger partial charge in [0.15, 0.2) is 5.96 Å². The molecule has 166 valence electrons. The average molecular weight is 432 g/mol. The highest BCUT2D eigenvalue weighted by molar-refractivity contribution is 5.94. The zero-order valence-electron chi connectivity index (χ0n) is 17.3. The molecule has 1 aliphatic heterocycles. The molecule has 1 heterocycles. The maximum atomic E-state index is 12.6. The predicted molar refractivity (Wildman–Crippen MR) is 115 cm³/mol. The Labute approximate surface area is 179 Å².